The van der Waals surface area contributed by atoms with Crippen LogP contribution in [0.4, 0.5) is 5.69 Å². The van der Waals surface area contributed by atoms with Crippen LogP contribution in [0.15, 0.2) is 54.7 Å². The van der Waals surface area contributed by atoms with E-state index in [1.807, 2.05) is 30.3 Å². The predicted octanol–water partition coefficient (Wildman–Crippen LogP) is 3.17. The number of anilines is 1. The molecule has 5 rings (SSSR count). The number of nitrogens with two attached hydrogens (primary N) is 1. The zero-order valence-electron chi connectivity index (χ0n) is 20.0. The van der Waals surface area contributed by atoms with E-state index in [9.17, 15) is 15.0 Å². The summed E-state index contributed by atoms with van der Waals surface area (Å²) in [6.07, 6.45) is 5.21. The van der Waals surface area contributed by atoms with Crippen molar-refractivity contribution >= 4 is 22.6 Å². The van der Waals surface area contributed by atoms with Crippen molar-refractivity contribution in [2.75, 3.05) is 24.5 Å². The third kappa shape index (κ3) is 4.80. The second-order valence-corrected chi connectivity index (χ2v) is 9.16. The molecule has 1 aliphatic heterocycles. The Morgan fingerprint density at radius 1 is 1.08 bits per heavy atom. The summed E-state index contributed by atoms with van der Waals surface area (Å²) in [6, 6.07) is 15.6. The molecule has 4 aromatic rings. The number of fused-ring (bicyclic) bond motifs is 1. The summed E-state index contributed by atoms with van der Waals surface area (Å²) in [7, 11) is 0. The lowest BCUT2D eigenvalue weighted by Gasteiger charge is -2.20. The van der Waals surface area contributed by atoms with E-state index in [0.29, 0.717) is 37.6 Å². The number of unbranched alkanes of at least 4 members (excludes halogenated alkanes) is 1. The van der Waals surface area contributed by atoms with Gasteiger partial charge < -0.3 is 20.8 Å². The van der Waals surface area contributed by atoms with Crippen LogP contribution in [0.25, 0.3) is 28.0 Å². The van der Waals surface area contributed by atoms with Gasteiger partial charge >= 0.3 is 5.97 Å². The highest BCUT2D eigenvalue weighted by molar-refractivity contribution is 5.97. The third-order valence-corrected chi connectivity index (χ3v) is 6.71. The molecule has 0 radical (unpaired) electrons. The van der Waals surface area contributed by atoms with Gasteiger partial charge in [-0.15, -0.1) is 0 Å². The number of benzene rings is 1. The lowest BCUT2D eigenvalue weighted by Crippen LogP contribution is -2.22. The smallest absolute Gasteiger partial charge is 0.308 e. The molecule has 36 heavy (non-hydrogen) atoms. The number of aryl methyl sites for hydroxylation is 1. The monoisotopic (exact) mass is 486 g/mol. The van der Waals surface area contributed by atoms with E-state index in [0.717, 1.165) is 52.8 Å². The van der Waals surface area contributed by atoms with Gasteiger partial charge in [-0.25, -0.2) is 9.67 Å². The lowest BCUT2D eigenvalue weighted by molar-refractivity contribution is -0.140. The molecule has 0 spiro atoms. The van der Waals surface area contributed by atoms with E-state index in [4.69, 9.17) is 10.7 Å². The minimum Gasteiger partial charge on any atom is -0.481 e. The third-order valence-electron chi connectivity index (χ3n) is 6.71. The van der Waals surface area contributed by atoms with Crippen LogP contribution in [0, 0.1) is 5.92 Å². The Labute approximate surface area is 209 Å². The predicted molar refractivity (Wildman–Crippen MR) is 138 cm³/mol. The van der Waals surface area contributed by atoms with Gasteiger partial charge in [-0.3, -0.25) is 9.78 Å². The Morgan fingerprint density at radius 2 is 1.92 bits per heavy atom. The van der Waals surface area contributed by atoms with E-state index < -0.39 is 11.9 Å². The number of carboxylic acid groups (broad SMARTS) is 1. The van der Waals surface area contributed by atoms with Crippen molar-refractivity contribution in [3.63, 3.8) is 0 Å². The number of hydrogen-bond donors (Lipinski definition) is 3. The topological polar surface area (TPSA) is 130 Å². The van der Waals surface area contributed by atoms with Crippen LogP contribution in [0.2, 0.25) is 0 Å². The van der Waals surface area contributed by atoms with Crippen molar-refractivity contribution < 1.29 is 15.0 Å². The van der Waals surface area contributed by atoms with E-state index >= 15 is 0 Å². The molecule has 0 saturated carbocycles. The Kier molecular flexibility index (Phi) is 6.92. The first-order chi connectivity index (χ1) is 17.6. The van der Waals surface area contributed by atoms with Crippen LogP contribution in [0.3, 0.4) is 0 Å². The molecule has 9 nitrogen and oxygen atoms in total. The number of aromatic nitrogens is 4. The molecule has 9 heteroatoms. The lowest BCUT2D eigenvalue weighted by atomic mass is 10.1. The number of pyridine rings is 2. The van der Waals surface area contributed by atoms with Gasteiger partial charge in [-0.05, 0) is 68.6 Å². The molecule has 186 valence electrons. The van der Waals surface area contributed by atoms with Crippen LogP contribution < -0.4 is 10.6 Å². The average Bonchev–Trinajstić information content (AvgIpc) is 3.57. The summed E-state index contributed by atoms with van der Waals surface area (Å²) in [5.74, 6) is -0.559. The molecule has 1 saturated heterocycles. The number of aliphatic hydroxyl groups excluding tert-OH is 1. The molecule has 4 N–H and O–H groups in total. The van der Waals surface area contributed by atoms with Gasteiger partial charge in [0.2, 0.25) is 0 Å². The Hall–Kier alpha value is -3.82. The maximum atomic E-state index is 11.6. The van der Waals surface area contributed by atoms with Crippen LogP contribution >= 0.6 is 0 Å². The van der Waals surface area contributed by atoms with Crippen LogP contribution in [0.1, 0.15) is 30.7 Å². The Balaban J connectivity index is 1.62. The summed E-state index contributed by atoms with van der Waals surface area (Å²) >= 11 is 0. The number of hydrogen-bond acceptors (Lipinski definition) is 7. The van der Waals surface area contributed by atoms with E-state index in [1.54, 1.807) is 16.9 Å². The van der Waals surface area contributed by atoms with Gasteiger partial charge in [-0.1, -0.05) is 12.1 Å². The first-order valence-electron chi connectivity index (χ1n) is 12.3. The zero-order chi connectivity index (χ0) is 25.1. The summed E-state index contributed by atoms with van der Waals surface area (Å²) in [4.78, 5) is 23.2. The van der Waals surface area contributed by atoms with Crippen molar-refractivity contribution in [1.29, 1.82) is 0 Å². The molecule has 1 aliphatic rings. The molecule has 4 heterocycles. The van der Waals surface area contributed by atoms with Crippen molar-refractivity contribution in [1.82, 2.24) is 19.7 Å². The zero-order valence-corrected chi connectivity index (χ0v) is 20.0. The highest BCUT2D eigenvalue weighted by Crippen LogP contribution is 2.36. The molecule has 3 aromatic heterocycles. The highest BCUT2D eigenvalue weighted by Gasteiger charge is 2.30. The fraction of sp³-hybridized carbons (Fsp3) is 0.333. The maximum Gasteiger partial charge on any atom is 0.308 e. The van der Waals surface area contributed by atoms with Gasteiger partial charge in [0, 0.05) is 35.4 Å². The molecule has 0 unspecified atom stereocenters. The van der Waals surface area contributed by atoms with Crippen LogP contribution in [0.5, 0.6) is 0 Å². The summed E-state index contributed by atoms with van der Waals surface area (Å²) in [6.45, 7) is 1.62. The molecule has 1 aromatic carbocycles. The van der Waals surface area contributed by atoms with Gasteiger partial charge in [0.25, 0.3) is 0 Å². The van der Waals surface area contributed by atoms with Crippen LogP contribution in [-0.2, 0) is 17.8 Å². The van der Waals surface area contributed by atoms with Crippen molar-refractivity contribution in [3.05, 3.63) is 66.1 Å². The number of aliphatic carboxylic acids is 1. The number of carbonyl (C=O) groups is 1. The minimum atomic E-state index is -0.766. The van der Waals surface area contributed by atoms with Crippen LogP contribution in [-0.4, -0.2) is 55.6 Å². The summed E-state index contributed by atoms with van der Waals surface area (Å²) < 4.78 is 1.76. The van der Waals surface area contributed by atoms with Gasteiger partial charge in [0.1, 0.15) is 0 Å². The van der Waals surface area contributed by atoms with E-state index in [2.05, 4.69) is 27.1 Å². The van der Waals surface area contributed by atoms with Crippen molar-refractivity contribution in [2.45, 2.75) is 32.3 Å². The second kappa shape index (κ2) is 10.4. The quantitative estimate of drug-likeness (QED) is 0.308. The summed E-state index contributed by atoms with van der Waals surface area (Å²) in [5.41, 5.74) is 10.8. The maximum absolute atomic E-state index is 11.6. The molecular formula is C27H30N6O3. The fourth-order valence-electron chi connectivity index (χ4n) is 4.78. The van der Waals surface area contributed by atoms with Gasteiger partial charge in [0.05, 0.1) is 35.6 Å². The fourth-order valence-corrected chi connectivity index (χ4v) is 4.78. The average molecular weight is 487 g/mol. The standard InChI is InChI=1S/C27H30N6O3/c28-11-2-1-5-20-6-3-8-23(30-20)19-13-24(32-12-10-18(16-32)27(35)36)22-15-29-33(25(22)14-19)26-9-4-7-21(17-34)31-26/h3-4,6-9,13-15,18,34H,1-2,5,10-12,16-17,28H2,(H,35,36)/t18-/m0/s1. The first kappa shape index (κ1) is 23.9. The summed E-state index contributed by atoms with van der Waals surface area (Å²) in [5, 5.41) is 24.7. The number of aliphatic hydroxyl groups is 1. The van der Waals surface area contributed by atoms with E-state index in [-0.39, 0.29) is 6.61 Å². The number of nitrogens with zero attached hydrogens (tertiary/aromatic N) is 5. The Bertz CT molecular complexity index is 1390. The molecule has 1 fully saturated rings. The van der Waals surface area contributed by atoms with E-state index in [1.165, 1.54) is 0 Å². The Morgan fingerprint density at radius 3 is 2.69 bits per heavy atom. The molecule has 0 amide bonds. The first-order valence-corrected chi connectivity index (χ1v) is 12.3. The minimum absolute atomic E-state index is 0.158. The van der Waals surface area contributed by atoms with Crippen molar-refractivity contribution in [3.8, 4) is 17.1 Å². The molecule has 0 aliphatic carbocycles. The second-order valence-electron chi connectivity index (χ2n) is 9.16. The van der Waals surface area contributed by atoms with Crippen molar-refractivity contribution in [2.24, 2.45) is 11.7 Å². The highest BCUT2D eigenvalue weighted by atomic mass is 16.4. The largest absolute Gasteiger partial charge is 0.481 e. The normalized spacial score (nSPS) is 15.6. The van der Waals surface area contributed by atoms with Gasteiger partial charge in [-0.2, -0.15) is 5.10 Å². The molecule has 1 atom stereocenters. The molecule has 0 bridgehead atoms. The number of rotatable bonds is 9. The SMILES string of the molecule is NCCCCc1cccc(-c2cc(N3CC[C@H](C(=O)O)C3)c3cnn(-c4cccc(CO)n4)c3c2)n1. The number of carboxylic acids is 1. The van der Waals surface area contributed by atoms with Gasteiger partial charge in [0.15, 0.2) is 5.82 Å². The molecular weight excluding hydrogens is 456 g/mol.